The van der Waals surface area contributed by atoms with Gasteiger partial charge >= 0.3 is 0 Å². The lowest BCUT2D eigenvalue weighted by Gasteiger charge is -2.17. The normalized spacial score (nSPS) is 17.5. The third kappa shape index (κ3) is 2.44. The van der Waals surface area contributed by atoms with Crippen molar-refractivity contribution in [3.05, 3.63) is 73.2 Å². The molecule has 0 radical (unpaired) electrons. The molecule has 0 bridgehead atoms. The van der Waals surface area contributed by atoms with Gasteiger partial charge < -0.3 is 9.47 Å². The summed E-state index contributed by atoms with van der Waals surface area (Å²) in [5.74, 6) is 0.667. The molecule has 1 amide bonds. The molecule has 1 aromatic carbocycles. The van der Waals surface area contributed by atoms with E-state index in [4.69, 9.17) is 0 Å². The average molecular weight is 380 g/mol. The molecule has 1 saturated heterocycles. The van der Waals surface area contributed by atoms with Crippen molar-refractivity contribution < 1.29 is 4.79 Å². The molecule has 0 aliphatic carbocycles. The predicted octanol–water partition coefficient (Wildman–Crippen LogP) is 3.81. The molecule has 26 heavy (non-hydrogen) atoms. The van der Waals surface area contributed by atoms with Gasteiger partial charge in [-0.15, -0.1) is 23.1 Å². The highest BCUT2D eigenvalue weighted by Crippen LogP contribution is 2.32. The molecule has 0 N–H and O–H groups in total. The highest BCUT2D eigenvalue weighted by Gasteiger charge is 2.29. The van der Waals surface area contributed by atoms with Crippen molar-refractivity contribution in [2.75, 3.05) is 12.3 Å². The van der Waals surface area contributed by atoms with Crippen LogP contribution in [0.5, 0.6) is 0 Å². The predicted molar refractivity (Wildman–Crippen MR) is 108 cm³/mol. The van der Waals surface area contributed by atoms with Crippen LogP contribution < -0.4 is 5.43 Å². The molecule has 2 aliphatic heterocycles. The number of hydrogen-bond donors (Lipinski definition) is 0. The smallest absolute Gasteiger partial charge is 0.264 e. The number of thiophene rings is 1. The van der Waals surface area contributed by atoms with Gasteiger partial charge in [0.05, 0.1) is 10.5 Å². The minimum absolute atomic E-state index is 0.155. The van der Waals surface area contributed by atoms with Gasteiger partial charge in [-0.1, -0.05) is 18.2 Å². The SMILES string of the molecule is O=C(c1cn2c3c(cccc3c1=O)CC2)N1CCS/C1=C/c1cccs1. The largest absolute Gasteiger partial charge is 0.346 e. The molecule has 2 aromatic heterocycles. The van der Waals surface area contributed by atoms with E-state index in [9.17, 15) is 9.59 Å². The zero-order chi connectivity index (χ0) is 17.7. The molecule has 6 heteroatoms. The van der Waals surface area contributed by atoms with Crippen molar-refractivity contribution in [2.45, 2.75) is 13.0 Å². The first-order valence-corrected chi connectivity index (χ1v) is 10.4. The van der Waals surface area contributed by atoms with Gasteiger partial charge in [-0.2, -0.15) is 0 Å². The molecule has 0 unspecified atom stereocenters. The standard InChI is InChI=1S/C20H16N2O2S2/c23-19-15-5-1-3-13-6-7-21(18(13)15)12-16(19)20(24)22-8-10-26-17(22)11-14-4-2-9-25-14/h1-5,9,11-12H,6-8,10H2/b17-11+. The van der Waals surface area contributed by atoms with Crippen LogP contribution >= 0.6 is 23.1 Å². The summed E-state index contributed by atoms with van der Waals surface area (Å²) in [5.41, 5.74) is 2.29. The number of carbonyl (C=O) groups excluding carboxylic acids is 1. The Morgan fingerprint density at radius 3 is 2.92 bits per heavy atom. The van der Waals surface area contributed by atoms with Crippen molar-refractivity contribution in [1.29, 1.82) is 0 Å². The van der Waals surface area contributed by atoms with Crippen LogP contribution in [0.2, 0.25) is 0 Å². The number of thioether (sulfide) groups is 1. The minimum atomic E-state index is -0.189. The van der Waals surface area contributed by atoms with Crippen LogP contribution in [0.1, 0.15) is 20.8 Å². The van der Waals surface area contributed by atoms with Crippen LogP contribution in [0.15, 0.2) is 51.7 Å². The summed E-state index contributed by atoms with van der Waals surface area (Å²) in [6.45, 7) is 1.46. The van der Waals surface area contributed by atoms with E-state index >= 15 is 0 Å². The molecule has 2 aliphatic rings. The Balaban J connectivity index is 1.60. The van der Waals surface area contributed by atoms with Crippen molar-refractivity contribution in [2.24, 2.45) is 0 Å². The lowest BCUT2D eigenvalue weighted by Crippen LogP contribution is -2.31. The van der Waals surface area contributed by atoms with E-state index in [0.717, 1.165) is 34.1 Å². The number of benzene rings is 1. The molecule has 4 heterocycles. The van der Waals surface area contributed by atoms with E-state index in [2.05, 4.69) is 10.6 Å². The third-order valence-corrected chi connectivity index (χ3v) is 6.76. The van der Waals surface area contributed by atoms with Gasteiger partial charge in [0, 0.05) is 35.3 Å². The lowest BCUT2D eigenvalue weighted by molar-refractivity contribution is 0.0829. The number of amides is 1. The Morgan fingerprint density at radius 2 is 2.08 bits per heavy atom. The highest BCUT2D eigenvalue weighted by molar-refractivity contribution is 8.03. The topological polar surface area (TPSA) is 42.3 Å². The Hall–Kier alpha value is -2.31. The fourth-order valence-corrected chi connectivity index (χ4v) is 5.45. The molecule has 130 valence electrons. The molecular weight excluding hydrogens is 364 g/mol. The van der Waals surface area contributed by atoms with Gasteiger partial charge in [-0.05, 0) is 35.6 Å². The van der Waals surface area contributed by atoms with Crippen LogP contribution in [-0.2, 0) is 13.0 Å². The summed E-state index contributed by atoms with van der Waals surface area (Å²) < 4.78 is 2.06. The van der Waals surface area contributed by atoms with Crippen LogP contribution in [0.3, 0.4) is 0 Å². The number of carbonyl (C=O) groups is 1. The van der Waals surface area contributed by atoms with E-state index in [0.29, 0.717) is 11.9 Å². The van der Waals surface area contributed by atoms with E-state index in [1.807, 2.05) is 35.7 Å². The van der Waals surface area contributed by atoms with Gasteiger partial charge in [0.2, 0.25) is 5.43 Å². The summed E-state index contributed by atoms with van der Waals surface area (Å²) in [5, 5.41) is 3.60. The fraction of sp³-hybridized carbons (Fsp3) is 0.200. The van der Waals surface area contributed by atoms with Crippen LogP contribution in [-0.4, -0.2) is 27.7 Å². The second-order valence-electron chi connectivity index (χ2n) is 6.43. The van der Waals surface area contributed by atoms with E-state index in [1.54, 1.807) is 34.2 Å². The van der Waals surface area contributed by atoms with Crippen molar-refractivity contribution >= 4 is 46.0 Å². The molecule has 0 spiro atoms. The van der Waals surface area contributed by atoms with E-state index in [1.165, 1.54) is 5.56 Å². The zero-order valence-electron chi connectivity index (χ0n) is 14.0. The van der Waals surface area contributed by atoms with Crippen molar-refractivity contribution in [3.8, 4) is 0 Å². The van der Waals surface area contributed by atoms with Crippen molar-refractivity contribution in [1.82, 2.24) is 9.47 Å². The highest BCUT2D eigenvalue weighted by atomic mass is 32.2. The molecule has 4 nitrogen and oxygen atoms in total. The molecule has 3 aromatic rings. The quantitative estimate of drug-likeness (QED) is 0.679. The molecule has 5 rings (SSSR count). The number of hydrogen-bond acceptors (Lipinski definition) is 4. The fourth-order valence-electron chi connectivity index (χ4n) is 3.70. The van der Waals surface area contributed by atoms with Crippen molar-refractivity contribution in [3.63, 3.8) is 0 Å². The first-order valence-electron chi connectivity index (χ1n) is 8.57. The molecule has 0 saturated carbocycles. The van der Waals surface area contributed by atoms with Gasteiger partial charge in [-0.25, -0.2) is 0 Å². The first-order chi connectivity index (χ1) is 12.7. The van der Waals surface area contributed by atoms with Gasteiger partial charge in [0.15, 0.2) is 0 Å². The monoisotopic (exact) mass is 380 g/mol. The van der Waals surface area contributed by atoms with Gasteiger partial charge in [0.1, 0.15) is 5.56 Å². The molecule has 0 atom stereocenters. The lowest BCUT2D eigenvalue weighted by atomic mass is 10.1. The Labute approximate surface area is 158 Å². The summed E-state index contributed by atoms with van der Waals surface area (Å²) in [6.07, 6.45) is 4.71. The average Bonchev–Trinajstić information content (AvgIpc) is 3.40. The summed E-state index contributed by atoms with van der Waals surface area (Å²) in [6, 6.07) is 9.84. The second-order valence-corrected chi connectivity index (χ2v) is 8.53. The number of para-hydroxylation sites is 1. The van der Waals surface area contributed by atoms with E-state index < -0.39 is 0 Å². The Kier molecular flexibility index (Phi) is 3.76. The minimum Gasteiger partial charge on any atom is -0.346 e. The maximum absolute atomic E-state index is 13.2. The molecular formula is C20H16N2O2S2. The number of aryl methyl sites for hydroxylation is 2. The third-order valence-electron chi connectivity index (χ3n) is 4.92. The summed E-state index contributed by atoms with van der Waals surface area (Å²) in [4.78, 5) is 29.1. The number of pyridine rings is 1. The van der Waals surface area contributed by atoms with Gasteiger partial charge in [-0.3, -0.25) is 9.59 Å². The molecule has 1 fully saturated rings. The summed E-state index contributed by atoms with van der Waals surface area (Å²) in [7, 11) is 0. The van der Waals surface area contributed by atoms with Crippen LogP contribution in [0.4, 0.5) is 0 Å². The van der Waals surface area contributed by atoms with Crippen LogP contribution in [0.25, 0.3) is 17.0 Å². The Bertz CT molecular complexity index is 1110. The van der Waals surface area contributed by atoms with Gasteiger partial charge in [0.25, 0.3) is 5.91 Å². The number of aromatic nitrogens is 1. The maximum Gasteiger partial charge on any atom is 0.264 e. The maximum atomic E-state index is 13.2. The zero-order valence-corrected chi connectivity index (χ0v) is 15.6. The van der Waals surface area contributed by atoms with E-state index in [-0.39, 0.29) is 16.9 Å². The Morgan fingerprint density at radius 1 is 1.15 bits per heavy atom. The van der Waals surface area contributed by atoms with Crippen LogP contribution in [0, 0.1) is 0 Å². The summed E-state index contributed by atoms with van der Waals surface area (Å²) >= 11 is 3.31. The number of rotatable bonds is 2. The first kappa shape index (κ1) is 15.9. The number of nitrogens with zero attached hydrogens (tertiary/aromatic N) is 2. The second kappa shape index (κ2) is 6.14.